The maximum absolute atomic E-state index is 13.4. The molecule has 0 aliphatic carbocycles. The third-order valence-corrected chi connectivity index (χ3v) is 3.23. The summed E-state index contributed by atoms with van der Waals surface area (Å²) < 4.78 is 13.4. The van der Waals surface area contributed by atoms with E-state index in [0.29, 0.717) is 17.5 Å². The normalized spacial score (nSPS) is 10.6. The van der Waals surface area contributed by atoms with E-state index in [0.717, 1.165) is 10.9 Å². The summed E-state index contributed by atoms with van der Waals surface area (Å²) in [5, 5.41) is 0.864. The lowest BCUT2D eigenvalue weighted by atomic mass is 10.2. The molecule has 0 aliphatic heterocycles. The number of para-hydroxylation sites is 1. The van der Waals surface area contributed by atoms with Crippen LogP contribution in [0.4, 0.5) is 21.8 Å². The number of hydrogen-bond acceptors (Lipinski definition) is 5. The van der Waals surface area contributed by atoms with Crippen LogP contribution in [0, 0.1) is 5.82 Å². The molecule has 0 saturated heterocycles. The van der Waals surface area contributed by atoms with Crippen molar-refractivity contribution in [3.63, 3.8) is 0 Å². The van der Waals surface area contributed by atoms with Crippen LogP contribution in [-0.2, 0) is 0 Å². The highest BCUT2D eigenvalue weighted by molar-refractivity contribution is 5.92. The lowest BCUT2D eigenvalue weighted by molar-refractivity contribution is 0.628. The van der Waals surface area contributed by atoms with Gasteiger partial charge in [-0.2, -0.15) is 4.98 Å². The molecule has 0 fully saturated rings. The second kappa shape index (κ2) is 5.34. The van der Waals surface area contributed by atoms with Gasteiger partial charge in [0, 0.05) is 18.1 Å². The molecule has 1 heterocycles. The Bertz CT molecular complexity index is 790. The number of nitrogens with zero attached hydrogens (tertiary/aromatic N) is 3. The highest BCUT2D eigenvalue weighted by atomic mass is 19.1. The topological polar surface area (TPSA) is 67.1 Å². The van der Waals surface area contributed by atoms with Gasteiger partial charge in [-0.1, -0.05) is 18.2 Å². The fourth-order valence-electron chi connectivity index (χ4n) is 2.19. The van der Waals surface area contributed by atoms with Crippen molar-refractivity contribution in [2.75, 3.05) is 17.4 Å². The molecule has 0 aliphatic rings. The van der Waals surface area contributed by atoms with Gasteiger partial charge in [0.1, 0.15) is 11.6 Å². The molecular weight excluding hydrogens is 269 g/mol. The molecule has 3 rings (SSSR count). The number of hydrogen-bond donors (Lipinski definition) is 2. The molecule has 0 radical (unpaired) electrons. The van der Waals surface area contributed by atoms with Crippen molar-refractivity contribution in [3.05, 3.63) is 54.3 Å². The molecule has 0 unspecified atom stereocenters. The first-order chi connectivity index (χ1) is 10.2. The quantitative estimate of drug-likeness (QED) is 0.571. The van der Waals surface area contributed by atoms with Crippen LogP contribution in [0.1, 0.15) is 0 Å². The van der Waals surface area contributed by atoms with Crippen molar-refractivity contribution in [1.29, 1.82) is 0 Å². The maximum atomic E-state index is 13.4. The van der Waals surface area contributed by atoms with Crippen LogP contribution in [0.3, 0.4) is 0 Å². The highest BCUT2D eigenvalue weighted by Crippen LogP contribution is 2.29. The molecule has 2 aromatic carbocycles. The van der Waals surface area contributed by atoms with E-state index in [9.17, 15) is 4.39 Å². The van der Waals surface area contributed by atoms with Gasteiger partial charge in [0.2, 0.25) is 5.95 Å². The van der Waals surface area contributed by atoms with E-state index in [-0.39, 0.29) is 5.82 Å². The largest absolute Gasteiger partial charge is 0.329 e. The summed E-state index contributed by atoms with van der Waals surface area (Å²) in [6, 6.07) is 13.9. The molecule has 5 nitrogen and oxygen atoms in total. The third-order valence-electron chi connectivity index (χ3n) is 3.23. The first-order valence-electron chi connectivity index (χ1n) is 6.42. The van der Waals surface area contributed by atoms with Crippen molar-refractivity contribution in [2.45, 2.75) is 0 Å². The van der Waals surface area contributed by atoms with E-state index in [1.165, 1.54) is 12.1 Å². The number of hydrazine groups is 1. The SMILES string of the molecule is CN(c1cccc(F)c1)c1nc(NN)nc2ccccc12. The number of nitrogen functional groups attached to an aromatic ring is 1. The smallest absolute Gasteiger partial charge is 0.239 e. The zero-order valence-electron chi connectivity index (χ0n) is 11.4. The Morgan fingerprint density at radius 2 is 1.90 bits per heavy atom. The Balaban J connectivity index is 2.18. The van der Waals surface area contributed by atoms with Crippen LogP contribution in [-0.4, -0.2) is 17.0 Å². The highest BCUT2D eigenvalue weighted by Gasteiger charge is 2.13. The van der Waals surface area contributed by atoms with Crippen LogP contribution < -0.4 is 16.2 Å². The molecule has 0 bridgehead atoms. The summed E-state index contributed by atoms with van der Waals surface area (Å²) in [5.41, 5.74) is 3.91. The number of halogens is 1. The standard InChI is InChI=1S/C15H14FN5/c1-21(11-6-4-5-10(16)9-11)14-12-7-2-3-8-13(12)18-15(19-14)20-17/h2-9H,17H2,1H3,(H,18,19,20). The lowest BCUT2D eigenvalue weighted by Gasteiger charge is -2.20. The van der Waals surface area contributed by atoms with E-state index in [2.05, 4.69) is 15.4 Å². The van der Waals surface area contributed by atoms with Crippen molar-refractivity contribution in [1.82, 2.24) is 9.97 Å². The second-order valence-corrected chi connectivity index (χ2v) is 4.57. The van der Waals surface area contributed by atoms with E-state index in [4.69, 9.17) is 5.84 Å². The molecule has 0 saturated carbocycles. The Morgan fingerprint density at radius 1 is 1.10 bits per heavy atom. The van der Waals surface area contributed by atoms with E-state index >= 15 is 0 Å². The van der Waals surface area contributed by atoms with Crippen LogP contribution in [0.25, 0.3) is 10.9 Å². The molecule has 3 N–H and O–H groups in total. The fraction of sp³-hybridized carbons (Fsp3) is 0.0667. The Kier molecular flexibility index (Phi) is 3.37. The van der Waals surface area contributed by atoms with Gasteiger partial charge in [-0.3, -0.25) is 5.43 Å². The third kappa shape index (κ3) is 2.48. The monoisotopic (exact) mass is 283 g/mol. The number of benzene rings is 2. The Hall–Kier alpha value is -2.73. The molecule has 106 valence electrons. The summed E-state index contributed by atoms with van der Waals surface area (Å²) >= 11 is 0. The zero-order chi connectivity index (χ0) is 14.8. The van der Waals surface area contributed by atoms with Gasteiger partial charge >= 0.3 is 0 Å². The number of nitrogens with one attached hydrogen (secondary N) is 1. The van der Waals surface area contributed by atoms with E-state index < -0.39 is 0 Å². The first-order valence-corrected chi connectivity index (χ1v) is 6.42. The molecular formula is C15H14FN5. The summed E-state index contributed by atoms with van der Waals surface area (Å²) in [6.07, 6.45) is 0. The first kappa shape index (κ1) is 13.3. The van der Waals surface area contributed by atoms with Gasteiger partial charge in [0.15, 0.2) is 0 Å². The Morgan fingerprint density at radius 3 is 2.67 bits per heavy atom. The summed E-state index contributed by atoms with van der Waals surface area (Å²) in [5.74, 6) is 6.09. The van der Waals surface area contributed by atoms with Crippen LogP contribution in [0.15, 0.2) is 48.5 Å². The van der Waals surface area contributed by atoms with Gasteiger partial charge in [0.25, 0.3) is 0 Å². The average molecular weight is 283 g/mol. The molecule has 3 aromatic rings. The van der Waals surface area contributed by atoms with Crippen LogP contribution in [0.5, 0.6) is 0 Å². The van der Waals surface area contributed by atoms with Crippen molar-refractivity contribution >= 4 is 28.4 Å². The number of rotatable bonds is 3. The maximum Gasteiger partial charge on any atom is 0.239 e. The second-order valence-electron chi connectivity index (χ2n) is 4.57. The minimum atomic E-state index is -0.296. The summed E-state index contributed by atoms with van der Waals surface area (Å²) in [6.45, 7) is 0. The van der Waals surface area contributed by atoms with Gasteiger partial charge in [-0.05, 0) is 30.3 Å². The lowest BCUT2D eigenvalue weighted by Crippen LogP contribution is -2.16. The van der Waals surface area contributed by atoms with Crippen molar-refractivity contribution in [3.8, 4) is 0 Å². The molecule has 21 heavy (non-hydrogen) atoms. The minimum Gasteiger partial charge on any atom is -0.329 e. The fourth-order valence-corrected chi connectivity index (χ4v) is 2.19. The van der Waals surface area contributed by atoms with Gasteiger partial charge in [0.05, 0.1) is 5.52 Å². The predicted molar refractivity (Wildman–Crippen MR) is 81.8 cm³/mol. The molecule has 0 atom stereocenters. The van der Waals surface area contributed by atoms with Gasteiger partial charge in [-0.25, -0.2) is 15.2 Å². The van der Waals surface area contributed by atoms with Gasteiger partial charge in [-0.15, -0.1) is 0 Å². The average Bonchev–Trinajstić information content (AvgIpc) is 2.53. The minimum absolute atomic E-state index is 0.296. The predicted octanol–water partition coefficient (Wildman–Crippen LogP) is 2.82. The van der Waals surface area contributed by atoms with Crippen LogP contribution in [0.2, 0.25) is 0 Å². The zero-order valence-corrected chi connectivity index (χ0v) is 11.4. The van der Waals surface area contributed by atoms with E-state index in [1.807, 2.05) is 37.4 Å². The molecule has 6 heteroatoms. The van der Waals surface area contributed by atoms with Crippen molar-refractivity contribution < 1.29 is 4.39 Å². The van der Waals surface area contributed by atoms with Crippen LogP contribution >= 0.6 is 0 Å². The molecule has 0 spiro atoms. The van der Waals surface area contributed by atoms with Gasteiger partial charge < -0.3 is 4.90 Å². The van der Waals surface area contributed by atoms with Crippen molar-refractivity contribution in [2.24, 2.45) is 5.84 Å². The van der Waals surface area contributed by atoms with E-state index in [1.54, 1.807) is 11.0 Å². The number of nitrogens with two attached hydrogens (primary N) is 1. The molecule has 0 amide bonds. The Labute approximate surface area is 121 Å². The number of anilines is 3. The summed E-state index contributed by atoms with van der Waals surface area (Å²) in [4.78, 5) is 10.5. The molecule has 1 aromatic heterocycles. The number of aromatic nitrogens is 2. The number of fused-ring (bicyclic) bond motifs is 1. The summed E-state index contributed by atoms with van der Waals surface area (Å²) in [7, 11) is 1.82.